The van der Waals surface area contributed by atoms with Gasteiger partial charge in [0.15, 0.2) is 0 Å². The van der Waals surface area contributed by atoms with Gasteiger partial charge >= 0.3 is 0 Å². The molecule has 8 heteroatoms. The summed E-state index contributed by atoms with van der Waals surface area (Å²) in [5.41, 5.74) is 4.70. The van der Waals surface area contributed by atoms with Gasteiger partial charge in [-0.3, -0.25) is 4.79 Å². The molecule has 1 aromatic heterocycles. The van der Waals surface area contributed by atoms with Gasteiger partial charge in [-0.2, -0.15) is 5.10 Å². The monoisotopic (exact) mass is 296 g/mol. The number of nitrogens with one attached hydrogen (secondary N) is 1. The standard InChI is InChI=1S/C8H11BrF2N4O/c1-15-7(16)6(9)5(2-14-15)13-4-8(10,11)3-12/h2,13H,3-4,12H2,1H3. The van der Waals surface area contributed by atoms with Crippen molar-refractivity contribution in [2.45, 2.75) is 5.92 Å². The molecule has 0 radical (unpaired) electrons. The number of rotatable bonds is 4. The first kappa shape index (κ1) is 13.0. The van der Waals surface area contributed by atoms with E-state index < -0.39 is 24.6 Å². The van der Waals surface area contributed by atoms with Crippen molar-refractivity contribution in [3.63, 3.8) is 0 Å². The van der Waals surface area contributed by atoms with E-state index in [1.54, 1.807) is 0 Å². The molecule has 0 atom stereocenters. The van der Waals surface area contributed by atoms with Crippen LogP contribution in [0, 0.1) is 0 Å². The fraction of sp³-hybridized carbons (Fsp3) is 0.500. The first-order valence-electron chi connectivity index (χ1n) is 4.41. The van der Waals surface area contributed by atoms with E-state index in [2.05, 4.69) is 26.3 Å². The lowest BCUT2D eigenvalue weighted by atomic mass is 10.3. The lowest BCUT2D eigenvalue weighted by molar-refractivity contribution is 0.0253. The van der Waals surface area contributed by atoms with Gasteiger partial charge in [0.25, 0.3) is 11.5 Å². The van der Waals surface area contributed by atoms with Crippen LogP contribution in [0.5, 0.6) is 0 Å². The maximum Gasteiger partial charge on any atom is 0.282 e. The summed E-state index contributed by atoms with van der Waals surface area (Å²) in [6.07, 6.45) is 1.29. The van der Waals surface area contributed by atoms with Crippen molar-refractivity contribution in [1.82, 2.24) is 9.78 Å². The van der Waals surface area contributed by atoms with Crippen LogP contribution in [-0.4, -0.2) is 28.8 Å². The average molecular weight is 297 g/mol. The van der Waals surface area contributed by atoms with Crippen LogP contribution >= 0.6 is 15.9 Å². The van der Waals surface area contributed by atoms with E-state index >= 15 is 0 Å². The van der Waals surface area contributed by atoms with E-state index in [0.29, 0.717) is 0 Å². The Kier molecular flexibility index (Phi) is 3.98. The van der Waals surface area contributed by atoms with Crippen LogP contribution in [0.4, 0.5) is 14.5 Å². The summed E-state index contributed by atoms with van der Waals surface area (Å²) in [7, 11) is 1.46. The smallest absolute Gasteiger partial charge is 0.282 e. The first-order chi connectivity index (χ1) is 7.37. The second kappa shape index (κ2) is 4.88. The molecule has 16 heavy (non-hydrogen) atoms. The summed E-state index contributed by atoms with van der Waals surface area (Å²) in [6, 6.07) is 0. The van der Waals surface area contributed by atoms with E-state index in [4.69, 9.17) is 5.73 Å². The Labute approximate surface area is 98.8 Å². The number of nitrogens with zero attached hydrogens (tertiary/aromatic N) is 2. The summed E-state index contributed by atoms with van der Waals surface area (Å²) < 4.78 is 26.9. The van der Waals surface area contributed by atoms with Crippen LogP contribution in [0.1, 0.15) is 0 Å². The highest BCUT2D eigenvalue weighted by atomic mass is 79.9. The maximum atomic E-state index is 12.8. The number of nitrogens with two attached hydrogens (primary N) is 1. The molecule has 3 N–H and O–H groups in total. The maximum absolute atomic E-state index is 12.8. The molecule has 90 valence electrons. The summed E-state index contributed by atoms with van der Waals surface area (Å²) in [5, 5.41) is 6.12. The highest BCUT2D eigenvalue weighted by Crippen LogP contribution is 2.18. The molecular formula is C8H11BrF2N4O. The summed E-state index contributed by atoms with van der Waals surface area (Å²) in [4.78, 5) is 11.4. The van der Waals surface area contributed by atoms with Crippen LogP contribution < -0.4 is 16.6 Å². The van der Waals surface area contributed by atoms with Gasteiger partial charge in [-0.1, -0.05) is 0 Å². The lowest BCUT2D eigenvalue weighted by Crippen LogP contribution is -2.36. The number of halogens is 3. The number of aryl methyl sites for hydroxylation is 1. The Morgan fingerprint density at radius 1 is 1.69 bits per heavy atom. The Bertz CT molecular complexity index is 435. The quantitative estimate of drug-likeness (QED) is 0.851. The lowest BCUT2D eigenvalue weighted by Gasteiger charge is -2.15. The number of alkyl halides is 2. The van der Waals surface area contributed by atoms with Gasteiger partial charge < -0.3 is 11.1 Å². The van der Waals surface area contributed by atoms with Gasteiger partial charge in [0.2, 0.25) is 0 Å². The Morgan fingerprint density at radius 2 is 2.31 bits per heavy atom. The Morgan fingerprint density at radius 3 is 2.88 bits per heavy atom. The predicted molar refractivity (Wildman–Crippen MR) is 59.7 cm³/mol. The minimum absolute atomic E-state index is 0.165. The molecule has 0 bridgehead atoms. The molecular weight excluding hydrogens is 286 g/mol. The van der Waals surface area contributed by atoms with Gasteiger partial charge in [-0.05, 0) is 15.9 Å². The fourth-order valence-electron chi connectivity index (χ4n) is 0.931. The molecule has 0 fully saturated rings. The van der Waals surface area contributed by atoms with Gasteiger partial charge in [0, 0.05) is 7.05 Å². The molecule has 0 aliphatic rings. The topological polar surface area (TPSA) is 72.9 Å². The third-order valence-corrected chi connectivity index (χ3v) is 2.68. The zero-order chi connectivity index (χ0) is 12.3. The second-order valence-electron chi connectivity index (χ2n) is 3.21. The molecule has 0 spiro atoms. The van der Waals surface area contributed by atoms with E-state index in [-0.39, 0.29) is 10.2 Å². The molecule has 0 unspecified atom stereocenters. The number of hydrogen-bond donors (Lipinski definition) is 2. The van der Waals surface area contributed by atoms with Crippen molar-refractivity contribution in [2.24, 2.45) is 12.8 Å². The van der Waals surface area contributed by atoms with Crippen molar-refractivity contribution in [1.29, 1.82) is 0 Å². The van der Waals surface area contributed by atoms with Crippen LogP contribution in [0.25, 0.3) is 0 Å². The SMILES string of the molecule is Cn1ncc(NCC(F)(F)CN)c(Br)c1=O. The molecule has 0 aliphatic carbocycles. The number of anilines is 1. The predicted octanol–water partition coefficient (Wildman–Crippen LogP) is 0.549. The zero-order valence-electron chi connectivity index (χ0n) is 8.51. The van der Waals surface area contributed by atoms with Crippen LogP contribution in [0.15, 0.2) is 15.5 Å². The normalized spacial score (nSPS) is 11.6. The molecule has 0 amide bonds. The molecule has 1 heterocycles. The molecule has 0 saturated carbocycles. The van der Waals surface area contributed by atoms with Crippen LogP contribution in [-0.2, 0) is 7.05 Å². The van der Waals surface area contributed by atoms with Crippen molar-refractivity contribution < 1.29 is 8.78 Å². The van der Waals surface area contributed by atoms with Crippen molar-refractivity contribution in [3.8, 4) is 0 Å². The molecule has 0 aromatic carbocycles. The van der Waals surface area contributed by atoms with E-state index in [9.17, 15) is 13.6 Å². The van der Waals surface area contributed by atoms with Crippen LogP contribution in [0.2, 0.25) is 0 Å². The van der Waals surface area contributed by atoms with Gasteiger partial charge in [-0.15, -0.1) is 0 Å². The van der Waals surface area contributed by atoms with Crippen LogP contribution in [0.3, 0.4) is 0 Å². The van der Waals surface area contributed by atoms with E-state index in [1.807, 2.05) is 0 Å². The molecule has 0 saturated heterocycles. The largest absolute Gasteiger partial charge is 0.377 e. The van der Waals surface area contributed by atoms with E-state index in [0.717, 1.165) is 4.68 Å². The van der Waals surface area contributed by atoms with E-state index in [1.165, 1.54) is 13.2 Å². The first-order valence-corrected chi connectivity index (χ1v) is 5.20. The Balaban J connectivity index is 2.84. The van der Waals surface area contributed by atoms with Crippen molar-refractivity contribution >= 4 is 21.6 Å². The fourth-order valence-corrected chi connectivity index (χ4v) is 1.43. The molecule has 1 aromatic rings. The highest BCUT2D eigenvalue weighted by Gasteiger charge is 2.26. The average Bonchev–Trinajstić information content (AvgIpc) is 2.25. The third kappa shape index (κ3) is 2.99. The summed E-state index contributed by atoms with van der Waals surface area (Å²) in [6.45, 7) is -1.40. The van der Waals surface area contributed by atoms with Crippen molar-refractivity contribution in [2.75, 3.05) is 18.4 Å². The second-order valence-corrected chi connectivity index (χ2v) is 4.01. The third-order valence-electron chi connectivity index (χ3n) is 1.91. The number of hydrogen-bond acceptors (Lipinski definition) is 4. The minimum Gasteiger partial charge on any atom is -0.377 e. The van der Waals surface area contributed by atoms with Gasteiger partial charge in [0.05, 0.1) is 25.0 Å². The number of aromatic nitrogens is 2. The van der Waals surface area contributed by atoms with Gasteiger partial charge in [-0.25, -0.2) is 13.5 Å². The Hall–Kier alpha value is -1.02. The zero-order valence-corrected chi connectivity index (χ0v) is 10.1. The summed E-state index contributed by atoms with van der Waals surface area (Å²) in [5.74, 6) is -3.01. The molecule has 1 rings (SSSR count). The van der Waals surface area contributed by atoms with Gasteiger partial charge in [0.1, 0.15) is 4.47 Å². The van der Waals surface area contributed by atoms with Crippen molar-refractivity contribution in [3.05, 3.63) is 21.0 Å². The molecule has 5 nitrogen and oxygen atoms in total. The highest BCUT2D eigenvalue weighted by molar-refractivity contribution is 9.10. The molecule has 0 aliphatic heterocycles. The minimum atomic E-state index is -3.01. The summed E-state index contributed by atoms with van der Waals surface area (Å²) >= 11 is 3.01.